The average molecular weight is 463 g/mol. The lowest BCUT2D eigenvalue weighted by molar-refractivity contribution is 0.0997. The van der Waals surface area contributed by atoms with Crippen molar-refractivity contribution in [2.45, 2.75) is 16.8 Å². The van der Waals surface area contributed by atoms with Gasteiger partial charge in [-0.3, -0.25) is 15.1 Å². The molecule has 7 nitrogen and oxygen atoms in total. The summed E-state index contributed by atoms with van der Waals surface area (Å²) in [5.41, 5.74) is 4.96. The summed E-state index contributed by atoms with van der Waals surface area (Å²) in [6, 6.07) is 4.53. The number of benzene rings is 1. The van der Waals surface area contributed by atoms with Crippen LogP contribution in [0, 0.1) is 11.2 Å². The first-order valence-electron chi connectivity index (χ1n) is 8.04. The van der Waals surface area contributed by atoms with Crippen LogP contribution < -0.4 is 11.2 Å². The Morgan fingerprint density at radius 3 is 2.55 bits per heavy atom. The summed E-state index contributed by atoms with van der Waals surface area (Å²) >= 11 is 5.98. The number of likely N-dealkylation sites (N-methyl/N-ethyl adjacent to an activating group) is 1. The number of nitrogens with one attached hydrogen (secondary N) is 1. The maximum absolute atomic E-state index is 13.9. The first-order chi connectivity index (χ1) is 13.0. The number of primary amides is 1. The molecule has 11 heteroatoms. The molecule has 1 aromatic carbocycles. The second-order valence-corrected chi connectivity index (χ2v) is 8.75. The van der Waals surface area contributed by atoms with Gasteiger partial charge in [0.1, 0.15) is 16.7 Å². The number of hydrogen-bond donors (Lipinski definition) is 2. The minimum Gasteiger partial charge on any atom is -0.365 e. The number of nitrogens with zero attached hydrogens (tertiary/aromatic N) is 2. The van der Waals surface area contributed by atoms with Crippen molar-refractivity contribution in [3.8, 4) is 0 Å². The fourth-order valence-electron chi connectivity index (χ4n) is 2.80. The summed E-state index contributed by atoms with van der Waals surface area (Å²) in [4.78, 5) is 12.9. The highest BCUT2D eigenvalue weighted by Crippen LogP contribution is 2.24. The summed E-state index contributed by atoms with van der Waals surface area (Å²) in [5.74, 6) is -1.49. The Hall–Kier alpha value is -2.20. The third kappa shape index (κ3) is 5.24. The van der Waals surface area contributed by atoms with Crippen LogP contribution in [0.2, 0.25) is 5.02 Å². The van der Waals surface area contributed by atoms with Crippen molar-refractivity contribution >= 4 is 39.8 Å². The maximum Gasteiger partial charge on any atom is 0.252 e. The van der Waals surface area contributed by atoms with Crippen LogP contribution in [0.3, 0.4) is 0 Å². The third-order valence-corrected chi connectivity index (χ3v) is 6.54. The largest absolute Gasteiger partial charge is 0.365 e. The number of nitrogens with two attached hydrogens (primary N) is 1. The number of rotatable bonds is 7. The zero-order valence-corrected chi connectivity index (χ0v) is 18.1. The average Bonchev–Trinajstić information content (AvgIpc) is 2.57. The number of carbonyl (C=O) groups excluding carboxylic acids is 1. The summed E-state index contributed by atoms with van der Waals surface area (Å²) in [6.45, 7) is 3.36. The summed E-state index contributed by atoms with van der Waals surface area (Å²) in [7, 11) is -0.759. The van der Waals surface area contributed by atoms with Gasteiger partial charge in [0.25, 0.3) is 5.91 Å². The van der Waals surface area contributed by atoms with E-state index in [0.29, 0.717) is 0 Å². The quantitative estimate of drug-likeness (QED) is 0.485. The first kappa shape index (κ1) is 24.8. The van der Waals surface area contributed by atoms with Crippen molar-refractivity contribution in [2.24, 2.45) is 5.73 Å². The lowest BCUT2D eigenvalue weighted by Gasteiger charge is -2.23. The van der Waals surface area contributed by atoms with Gasteiger partial charge in [0, 0.05) is 6.20 Å². The van der Waals surface area contributed by atoms with Gasteiger partial charge in [0.05, 0.1) is 22.0 Å². The SMILES string of the molecule is C=CC(N(C)C)S(=O)(=O)c1ccc(F)cc1Cn1cc(Cl)cc(C(N)=O)c1=N.Cl. The number of pyridine rings is 1. The molecule has 0 saturated heterocycles. The van der Waals surface area contributed by atoms with Crippen molar-refractivity contribution in [2.75, 3.05) is 14.1 Å². The zero-order valence-electron chi connectivity index (χ0n) is 15.7. The van der Waals surface area contributed by atoms with E-state index in [0.717, 1.165) is 12.1 Å². The van der Waals surface area contributed by atoms with E-state index in [4.69, 9.17) is 22.7 Å². The monoisotopic (exact) mass is 462 g/mol. The molecule has 3 N–H and O–H groups in total. The maximum atomic E-state index is 13.9. The highest BCUT2D eigenvalue weighted by Gasteiger charge is 2.29. The van der Waals surface area contributed by atoms with Crippen LogP contribution in [0.1, 0.15) is 15.9 Å². The van der Waals surface area contributed by atoms with Gasteiger partial charge in [-0.25, -0.2) is 12.8 Å². The fraction of sp³-hybridized carbons (Fsp3) is 0.222. The molecular weight excluding hydrogens is 442 g/mol. The van der Waals surface area contributed by atoms with Crippen molar-refractivity contribution in [1.29, 1.82) is 5.41 Å². The third-order valence-electron chi connectivity index (χ3n) is 4.07. The van der Waals surface area contributed by atoms with E-state index in [-0.39, 0.29) is 45.5 Å². The van der Waals surface area contributed by atoms with Gasteiger partial charge in [-0.15, -0.1) is 19.0 Å². The van der Waals surface area contributed by atoms with Crippen molar-refractivity contribution in [3.63, 3.8) is 0 Å². The normalized spacial score (nSPS) is 12.3. The Morgan fingerprint density at radius 2 is 2.03 bits per heavy atom. The molecule has 0 bridgehead atoms. The molecule has 0 fully saturated rings. The lowest BCUT2D eigenvalue weighted by Crippen LogP contribution is -2.35. The molecule has 29 heavy (non-hydrogen) atoms. The molecule has 2 rings (SSSR count). The predicted molar refractivity (Wildman–Crippen MR) is 111 cm³/mol. The van der Waals surface area contributed by atoms with Crippen molar-refractivity contribution < 1.29 is 17.6 Å². The minimum absolute atomic E-state index is 0. The molecule has 1 amide bonds. The molecule has 0 spiro atoms. The first-order valence-corrected chi connectivity index (χ1v) is 9.97. The molecule has 0 saturated carbocycles. The molecule has 0 radical (unpaired) electrons. The van der Waals surface area contributed by atoms with E-state index in [2.05, 4.69) is 6.58 Å². The van der Waals surface area contributed by atoms with E-state index in [1.807, 2.05) is 0 Å². The van der Waals surface area contributed by atoms with E-state index in [1.165, 1.54) is 33.9 Å². The van der Waals surface area contributed by atoms with E-state index in [9.17, 15) is 17.6 Å². The van der Waals surface area contributed by atoms with Crippen LogP contribution in [0.25, 0.3) is 0 Å². The van der Waals surface area contributed by atoms with Crippen molar-refractivity contribution in [1.82, 2.24) is 9.47 Å². The summed E-state index contributed by atoms with van der Waals surface area (Å²) in [6.07, 6.45) is 2.62. The highest BCUT2D eigenvalue weighted by atomic mass is 35.5. The zero-order chi connectivity index (χ0) is 21.2. The number of aromatic nitrogens is 1. The van der Waals surface area contributed by atoms with Gasteiger partial charge in [0.2, 0.25) is 0 Å². The number of carbonyl (C=O) groups is 1. The van der Waals surface area contributed by atoms with Crippen LogP contribution in [0.4, 0.5) is 4.39 Å². The second kappa shape index (κ2) is 9.53. The van der Waals surface area contributed by atoms with Gasteiger partial charge in [-0.2, -0.15) is 0 Å². The van der Waals surface area contributed by atoms with Crippen LogP contribution in [-0.2, 0) is 16.4 Å². The second-order valence-electron chi connectivity index (χ2n) is 6.30. The predicted octanol–water partition coefficient (Wildman–Crippen LogP) is 2.18. The Balaban J connectivity index is 0.00000420. The smallest absolute Gasteiger partial charge is 0.252 e. The van der Waals surface area contributed by atoms with Crippen LogP contribution in [0.15, 0.2) is 48.0 Å². The molecule has 2 aromatic rings. The number of hydrogen-bond acceptors (Lipinski definition) is 5. The highest BCUT2D eigenvalue weighted by molar-refractivity contribution is 7.92. The van der Waals surface area contributed by atoms with Gasteiger partial charge in [-0.1, -0.05) is 17.7 Å². The molecule has 1 heterocycles. The summed E-state index contributed by atoms with van der Waals surface area (Å²) in [5, 5.41) is 7.23. The Bertz CT molecular complexity index is 1100. The number of amides is 1. The van der Waals surface area contributed by atoms with Crippen molar-refractivity contribution in [3.05, 3.63) is 70.6 Å². The van der Waals surface area contributed by atoms with Gasteiger partial charge in [0.15, 0.2) is 9.84 Å². The van der Waals surface area contributed by atoms with E-state index in [1.54, 1.807) is 14.1 Å². The van der Waals surface area contributed by atoms with Gasteiger partial charge in [-0.05, 0) is 43.9 Å². The Kier molecular flexibility index (Phi) is 8.16. The Labute approximate surface area is 179 Å². The Morgan fingerprint density at radius 1 is 1.41 bits per heavy atom. The molecule has 0 aliphatic carbocycles. The van der Waals surface area contributed by atoms with Crippen LogP contribution in [0.5, 0.6) is 0 Å². The molecule has 158 valence electrons. The topological polar surface area (TPSA) is 109 Å². The van der Waals surface area contributed by atoms with E-state index < -0.39 is 26.9 Å². The van der Waals surface area contributed by atoms with Gasteiger partial charge >= 0.3 is 0 Å². The lowest BCUT2D eigenvalue weighted by atomic mass is 10.2. The fourth-order valence-corrected chi connectivity index (χ4v) is 4.84. The molecule has 0 aliphatic heterocycles. The van der Waals surface area contributed by atoms with Crippen LogP contribution >= 0.6 is 24.0 Å². The molecule has 1 aromatic heterocycles. The van der Waals surface area contributed by atoms with Crippen LogP contribution in [-0.4, -0.2) is 43.3 Å². The number of halogens is 3. The summed E-state index contributed by atoms with van der Waals surface area (Å²) < 4.78 is 41.2. The standard InChI is InChI=1S/C18H20ClFN4O3S.ClH/c1-4-16(23(2)3)28(26,27)15-6-5-13(20)7-11(15)9-24-10-12(19)8-14(17(24)21)18(22)25;/h4-8,10,16,21H,1,9H2,2-3H3,(H2,22,25);1H. The number of sulfone groups is 1. The van der Waals surface area contributed by atoms with Gasteiger partial charge < -0.3 is 10.3 Å². The molecule has 1 unspecified atom stereocenters. The minimum atomic E-state index is -3.93. The molecule has 1 atom stereocenters. The molecule has 0 aliphatic rings. The van der Waals surface area contributed by atoms with E-state index >= 15 is 0 Å². The molecular formula is C18H21Cl2FN4O3S.